The van der Waals surface area contributed by atoms with E-state index in [1.54, 1.807) is 6.20 Å². The van der Waals surface area contributed by atoms with Crippen molar-refractivity contribution in [3.63, 3.8) is 0 Å². The van der Waals surface area contributed by atoms with E-state index in [1.807, 2.05) is 0 Å². The molecule has 1 aliphatic rings. The lowest BCUT2D eigenvalue weighted by molar-refractivity contribution is -0.145. The van der Waals surface area contributed by atoms with Crippen LogP contribution >= 0.6 is 0 Å². The topological polar surface area (TPSA) is 67.0 Å². The van der Waals surface area contributed by atoms with Crippen LogP contribution in [-0.4, -0.2) is 29.8 Å². The highest BCUT2D eigenvalue weighted by molar-refractivity contribution is 5.74. The van der Waals surface area contributed by atoms with Gasteiger partial charge in [-0.2, -0.15) is 5.10 Å². The molecule has 70 valence electrons. The molecule has 0 amide bonds. The van der Waals surface area contributed by atoms with Gasteiger partial charge >= 0.3 is 5.97 Å². The van der Waals surface area contributed by atoms with E-state index in [-0.39, 0.29) is 11.9 Å². The van der Waals surface area contributed by atoms with Crippen LogP contribution in [0.2, 0.25) is 0 Å². The molecule has 13 heavy (non-hydrogen) atoms. The van der Waals surface area contributed by atoms with Gasteiger partial charge in [-0.25, -0.2) is 0 Å². The summed E-state index contributed by atoms with van der Waals surface area (Å²) in [7, 11) is 1.41. The number of hydrogen-bond acceptors (Lipinski definition) is 4. The summed E-state index contributed by atoms with van der Waals surface area (Å²) in [5, 5.41) is 9.84. The molecular formula is C8H11N3O2. The normalized spacial score (nSPS) is 20.2. The van der Waals surface area contributed by atoms with Gasteiger partial charge in [0.1, 0.15) is 0 Å². The van der Waals surface area contributed by atoms with Gasteiger partial charge in [-0.1, -0.05) is 0 Å². The molecular weight excluding hydrogens is 170 g/mol. The maximum atomic E-state index is 11.2. The summed E-state index contributed by atoms with van der Waals surface area (Å²) in [5.41, 5.74) is 1.96. The van der Waals surface area contributed by atoms with Crippen LogP contribution in [0.5, 0.6) is 0 Å². The minimum Gasteiger partial charge on any atom is -0.469 e. The van der Waals surface area contributed by atoms with Gasteiger partial charge in [0.25, 0.3) is 0 Å². The van der Waals surface area contributed by atoms with E-state index in [1.165, 1.54) is 7.11 Å². The molecule has 0 aliphatic carbocycles. The number of fused-ring (bicyclic) bond motifs is 1. The molecule has 0 spiro atoms. The fourth-order valence-electron chi connectivity index (χ4n) is 1.51. The molecule has 0 aromatic carbocycles. The Kier molecular flexibility index (Phi) is 1.92. The quantitative estimate of drug-likeness (QED) is 0.606. The summed E-state index contributed by atoms with van der Waals surface area (Å²) >= 11 is 0. The van der Waals surface area contributed by atoms with E-state index in [4.69, 9.17) is 0 Å². The van der Waals surface area contributed by atoms with Crippen molar-refractivity contribution in [2.24, 2.45) is 5.92 Å². The molecule has 0 saturated carbocycles. The van der Waals surface area contributed by atoms with Crippen LogP contribution < -0.4 is 5.32 Å². The largest absolute Gasteiger partial charge is 0.469 e. The van der Waals surface area contributed by atoms with E-state index in [0.29, 0.717) is 13.0 Å². The molecule has 0 fully saturated rings. The van der Waals surface area contributed by atoms with Crippen molar-refractivity contribution in [1.82, 2.24) is 10.2 Å². The Morgan fingerprint density at radius 2 is 2.62 bits per heavy atom. The number of hydrogen-bond donors (Lipinski definition) is 2. The average Bonchev–Trinajstić information content (AvgIpc) is 2.63. The standard InChI is InChI=1S/C8H11N3O2/c1-13-8(12)5-2-6-7(9-3-5)4-10-11-6/h4-5,9H,2-3H2,1H3,(H,10,11). The number of carbonyl (C=O) groups is 1. The number of H-pyrrole nitrogens is 1. The first kappa shape index (κ1) is 8.10. The highest BCUT2D eigenvalue weighted by Crippen LogP contribution is 2.22. The van der Waals surface area contributed by atoms with Crippen molar-refractivity contribution in [2.45, 2.75) is 6.42 Å². The first-order valence-corrected chi connectivity index (χ1v) is 4.15. The first-order valence-electron chi connectivity index (χ1n) is 4.15. The van der Waals surface area contributed by atoms with Gasteiger partial charge in [-0.3, -0.25) is 9.89 Å². The molecule has 0 saturated heterocycles. The zero-order chi connectivity index (χ0) is 9.26. The Morgan fingerprint density at radius 1 is 1.77 bits per heavy atom. The van der Waals surface area contributed by atoms with E-state index in [9.17, 15) is 4.79 Å². The number of anilines is 1. The third-order valence-corrected chi connectivity index (χ3v) is 2.24. The Bertz CT molecular complexity index is 321. The summed E-state index contributed by atoms with van der Waals surface area (Å²) in [6, 6.07) is 0. The predicted octanol–water partition coefficient (Wildman–Crippen LogP) is 0.167. The number of aromatic amines is 1. The van der Waals surface area contributed by atoms with Gasteiger partial charge in [-0.05, 0) is 0 Å². The van der Waals surface area contributed by atoms with Gasteiger partial charge in [0.2, 0.25) is 0 Å². The molecule has 2 rings (SSSR count). The summed E-state index contributed by atoms with van der Waals surface area (Å²) in [4.78, 5) is 11.2. The van der Waals surface area contributed by atoms with Crippen molar-refractivity contribution >= 4 is 11.7 Å². The van der Waals surface area contributed by atoms with E-state index >= 15 is 0 Å². The Balaban J connectivity index is 2.13. The van der Waals surface area contributed by atoms with Gasteiger partial charge in [-0.15, -0.1) is 0 Å². The average molecular weight is 181 g/mol. The molecule has 1 aromatic rings. The molecule has 2 N–H and O–H groups in total. The number of nitrogens with one attached hydrogen (secondary N) is 2. The second kappa shape index (κ2) is 3.08. The van der Waals surface area contributed by atoms with E-state index in [2.05, 4.69) is 20.3 Å². The van der Waals surface area contributed by atoms with Crippen LogP contribution in [-0.2, 0) is 16.0 Å². The van der Waals surface area contributed by atoms with E-state index < -0.39 is 0 Å². The number of ether oxygens (including phenoxy) is 1. The fraction of sp³-hybridized carbons (Fsp3) is 0.500. The number of esters is 1. The highest BCUT2D eigenvalue weighted by Gasteiger charge is 2.25. The number of rotatable bonds is 1. The first-order chi connectivity index (χ1) is 6.31. The summed E-state index contributed by atoms with van der Waals surface area (Å²) in [6.45, 7) is 0.624. The van der Waals surface area contributed by atoms with Gasteiger partial charge in [0.05, 0.1) is 30.6 Å². The van der Waals surface area contributed by atoms with Crippen LogP contribution in [0.1, 0.15) is 5.69 Å². The second-order valence-electron chi connectivity index (χ2n) is 3.07. The number of nitrogens with zero attached hydrogens (tertiary/aromatic N) is 1. The maximum absolute atomic E-state index is 11.2. The van der Waals surface area contributed by atoms with Crippen molar-refractivity contribution in [3.05, 3.63) is 11.9 Å². The van der Waals surface area contributed by atoms with Crippen molar-refractivity contribution < 1.29 is 9.53 Å². The third-order valence-electron chi connectivity index (χ3n) is 2.24. The van der Waals surface area contributed by atoms with Crippen LogP contribution in [0.3, 0.4) is 0 Å². The zero-order valence-electron chi connectivity index (χ0n) is 7.33. The second-order valence-corrected chi connectivity index (χ2v) is 3.07. The van der Waals surface area contributed by atoms with Crippen molar-refractivity contribution in [2.75, 3.05) is 19.0 Å². The van der Waals surface area contributed by atoms with Crippen molar-refractivity contribution in [3.8, 4) is 0 Å². The van der Waals surface area contributed by atoms with Crippen LogP contribution in [0.15, 0.2) is 6.20 Å². The molecule has 5 heteroatoms. The molecule has 1 atom stereocenters. The fourth-order valence-corrected chi connectivity index (χ4v) is 1.51. The molecule has 1 aromatic heterocycles. The summed E-state index contributed by atoms with van der Waals surface area (Å²) < 4.78 is 4.67. The molecule has 1 aliphatic heterocycles. The third kappa shape index (κ3) is 1.37. The Labute approximate surface area is 75.5 Å². The van der Waals surface area contributed by atoms with E-state index in [0.717, 1.165) is 11.4 Å². The smallest absolute Gasteiger partial charge is 0.310 e. The lowest BCUT2D eigenvalue weighted by Gasteiger charge is -2.20. The van der Waals surface area contributed by atoms with Crippen LogP contribution in [0.4, 0.5) is 5.69 Å². The summed E-state index contributed by atoms with van der Waals surface area (Å²) in [5.74, 6) is -0.272. The lowest BCUT2D eigenvalue weighted by Crippen LogP contribution is -2.30. The predicted molar refractivity (Wildman–Crippen MR) is 46.3 cm³/mol. The maximum Gasteiger partial charge on any atom is 0.310 e. The molecule has 1 unspecified atom stereocenters. The zero-order valence-corrected chi connectivity index (χ0v) is 7.33. The molecule has 5 nitrogen and oxygen atoms in total. The summed E-state index contributed by atoms with van der Waals surface area (Å²) in [6.07, 6.45) is 2.40. The van der Waals surface area contributed by atoms with Gasteiger partial charge in [0, 0.05) is 13.0 Å². The monoisotopic (exact) mass is 181 g/mol. The van der Waals surface area contributed by atoms with Crippen LogP contribution in [0.25, 0.3) is 0 Å². The molecule has 0 radical (unpaired) electrons. The van der Waals surface area contributed by atoms with Crippen LogP contribution in [0, 0.1) is 5.92 Å². The lowest BCUT2D eigenvalue weighted by atomic mass is 9.99. The Hall–Kier alpha value is -1.52. The number of aromatic nitrogens is 2. The van der Waals surface area contributed by atoms with Gasteiger partial charge in [0.15, 0.2) is 0 Å². The highest BCUT2D eigenvalue weighted by atomic mass is 16.5. The minimum absolute atomic E-state index is 0.0991. The SMILES string of the molecule is COC(=O)C1CNc2cn[nH]c2C1. The number of carbonyl (C=O) groups excluding carboxylic acids is 1. The Morgan fingerprint density at radius 3 is 3.38 bits per heavy atom. The molecule has 0 bridgehead atoms. The van der Waals surface area contributed by atoms with Gasteiger partial charge < -0.3 is 10.1 Å². The number of methoxy groups -OCH3 is 1. The minimum atomic E-state index is -0.173. The van der Waals surface area contributed by atoms with Crippen molar-refractivity contribution in [1.29, 1.82) is 0 Å². The molecule has 2 heterocycles.